The minimum atomic E-state index is -3.73. The van der Waals surface area contributed by atoms with Crippen LogP contribution in [0, 0.1) is 10.8 Å². The average Bonchev–Trinajstić information content (AvgIpc) is 2.93. The first-order valence-electron chi connectivity index (χ1n) is 11.8. The lowest BCUT2D eigenvalue weighted by atomic mass is 9.65. The van der Waals surface area contributed by atoms with Gasteiger partial charge >= 0.3 is 0 Å². The standard InChI is InChI=1S/C25H39N3O4S/c1-8-27(15-21(29)26-23(2,3)4)22(30)18-10-9-11-20(12-18)33(31,32)28-17-25(7)14-19(28)13-24(5,6)16-25/h9-12,19H,8,13-17H2,1-7H3,(H,26,29)/t19-,25+/m1/s1. The summed E-state index contributed by atoms with van der Waals surface area (Å²) in [5.74, 6) is -0.603. The number of sulfonamides is 1. The SMILES string of the molecule is CCN(CC(=O)NC(C)(C)C)C(=O)c1cccc(S(=O)(=O)N2C[C@@]3(C)C[C@H]2CC(C)(C)C3)c1. The van der Waals surface area contributed by atoms with Crippen molar-refractivity contribution in [3.8, 4) is 0 Å². The van der Waals surface area contributed by atoms with Crippen LogP contribution in [0.15, 0.2) is 29.2 Å². The second kappa shape index (κ2) is 8.69. The maximum atomic E-state index is 13.6. The quantitative estimate of drug-likeness (QED) is 0.678. The number of hydrogen-bond donors (Lipinski definition) is 1. The fourth-order valence-corrected chi connectivity index (χ4v) is 7.58. The van der Waals surface area contributed by atoms with Gasteiger partial charge in [0.05, 0.1) is 11.4 Å². The number of carbonyl (C=O) groups is 2. The highest BCUT2D eigenvalue weighted by Gasteiger charge is 2.53. The largest absolute Gasteiger partial charge is 0.350 e. The molecule has 0 unspecified atom stereocenters. The second-order valence-electron chi connectivity index (χ2n) is 11.9. The summed E-state index contributed by atoms with van der Waals surface area (Å²) in [5, 5.41) is 2.86. The fourth-order valence-electron chi connectivity index (χ4n) is 5.76. The number of likely N-dealkylation sites (N-methyl/N-ethyl adjacent to an activating group) is 1. The van der Waals surface area contributed by atoms with Crippen LogP contribution in [-0.4, -0.2) is 60.7 Å². The number of carbonyl (C=O) groups excluding carboxylic acids is 2. The first-order chi connectivity index (χ1) is 15.1. The molecule has 1 saturated carbocycles. The van der Waals surface area contributed by atoms with E-state index in [1.807, 2.05) is 20.8 Å². The van der Waals surface area contributed by atoms with Crippen LogP contribution in [0.3, 0.4) is 0 Å². The zero-order valence-electron chi connectivity index (χ0n) is 21.1. The van der Waals surface area contributed by atoms with Crippen molar-refractivity contribution in [1.82, 2.24) is 14.5 Å². The van der Waals surface area contributed by atoms with Gasteiger partial charge in [0.15, 0.2) is 0 Å². The van der Waals surface area contributed by atoms with Crippen LogP contribution in [0.1, 0.15) is 78.1 Å². The molecule has 184 valence electrons. The predicted molar refractivity (Wildman–Crippen MR) is 129 cm³/mol. The number of nitrogens with zero attached hydrogens (tertiary/aromatic N) is 2. The lowest BCUT2D eigenvalue weighted by molar-refractivity contribution is -0.123. The van der Waals surface area contributed by atoms with Crippen LogP contribution in [0.4, 0.5) is 0 Å². The molecule has 2 aliphatic rings. The Morgan fingerprint density at radius 1 is 1.18 bits per heavy atom. The summed E-state index contributed by atoms with van der Waals surface area (Å²) in [5.41, 5.74) is -0.0383. The molecule has 0 aromatic heterocycles. The van der Waals surface area contributed by atoms with Gasteiger partial charge < -0.3 is 10.2 Å². The fraction of sp³-hybridized carbons (Fsp3) is 0.680. The number of hydrogen-bond acceptors (Lipinski definition) is 4. The third kappa shape index (κ3) is 5.77. The molecule has 33 heavy (non-hydrogen) atoms. The molecule has 3 rings (SSSR count). The Morgan fingerprint density at radius 2 is 1.85 bits per heavy atom. The Bertz CT molecular complexity index is 1030. The Kier molecular flexibility index (Phi) is 6.77. The minimum absolute atomic E-state index is 0.0173. The molecule has 1 aromatic rings. The van der Waals surface area contributed by atoms with Crippen LogP contribution in [0.2, 0.25) is 0 Å². The van der Waals surface area contributed by atoms with Gasteiger partial charge in [-0.3, -0.25) is 9.59 Å². The molecule has 2 amide bonds. The number of benzene rings is 1. The molecule has 1 aliphatic heterocycles. The van der Waals surface area contributed by atoms with E-state index in [0.29, 0.717) is 13.1 Å². The normalized spacial score (nSPS) is 25.0. The molecule has 2 bridgehead atoms. The maximum absolute atomic E-state index is 13.6. The minimum Gasteiger partial charge on any atom is -0.350 e. The van der Waals surface area contributed by atoms with Crippen molar-refractivity contribution in [2.24, 2.45) is 10.8 Å². The lowest BCUT2D eigenvalue weighted by Crippen LogP contribution is -2.47. The maximum Gasteiger partial charge on any atom is 0.254 e. The van der Waals surface area contributed by atoms with E-state index >= 15 is 0 Å². The molecule has 7 nitrogen and oxygen atoms in total. The Morgan fingerprint density at radius 3 is 2.45 bits per heavy atom. The highest BCUT2D eigenvalue weighted by Crippen LogP contribution is 2.53. The topological polar surface area (TPSA) is 86.8 Å². The monoisotopic (exact) mass is 477 g/mol. The van der Waals surface area contributed by atoms with Gasteiger partial charge in [-0.1, -0.05) is 26.8 Å². The number of fused-ring (bicyclic) bond motifs is 2. The molecule has 0 radical (unpaired) electrons. The van der Waals surface area contributed by atoms with E-state index in [4.69, 9.17) is 0 Å². The van der Waals surface area contributed by atoms with E-state index in [2.05, 4.69) is 26.1 Å². The number of amides is 2. The van der Waals surface area contributed by atoms with Gasteiger partial charge in [-0.15, -0.1) is 0 Å². The van der Waals surface area contributed by atoms with E-state index < -0.39 is 15.6 Å². The molecule has 1 aromatic carbocycles. The van der Waals surface area contributed by atoms with Crippen LogP contribution in [-0.2, 0) is 14.8 Å². The van der Waals surface area contributed by atoms with Gasteiger partial charge in [-0.2, -0.15) is 4.31 Å². The summed E-state index contributed by atoms with van der Waals surface area (Å²) < 4.78 is 28.9. The van der Waals surface area contributed by atoms with E-state index in [9.17, 15) is 18.0 Å². The molecule has 1 N–H and O–H groups in total. The van der Waals surface area contributed by atoms with E-state index in [1.165, 1.54) is 11.0 Å². The smallest absolute Gasteiger partial charge is 0.254 e. The molecule has 1 heterocycles. The Labute approximate surface area is 199 Å². The van der Waals surface area contributed by atoms with Crippen molar-refractivity contribution in [3.63, 3.8) is 0 Å². The van der Waals surface area contributed by atoms with Crippen molar-refractivity contribution in [2.75, 3.05) is 19.6 Å². The van der Waals surface area contributed by atoms with Crippen molar-refractivity contribution >= 4 is 21.8 Å². The summed E-state index contributed by atoms with van der Waals surface area (Å²) in [7, 11) is -3.73. The lowest BCUT2D eigenvalue weighted by Gasteiger charge is -2.39. The molecular weight excluding hydrogens is 438 g/mol. The third-order valence-corrected chi connectivity index (χ3v) is 8.47. The van der Waals surface area contributed by atoms with Gasteiger partial charge in [-0.25, -0.2) is 8.42 Å². The molecule has 8 heteroatoms. The van der Waals surface area contributed by atoms with Gasteiger partial charge in [0.2, 0.25) is 15.9 Å². The molecule has 2 fully saturated rings. The second-order valence-corrected chi connectivity index (χ2v) is 13.8. The Hall–Kier alpha value is -1.93. The Balaban J connectivity index is 1.82. The zero-order chi connectivity index (χ0) is 24.8. The third-order valence-electron chi connectivity index (χ3n) is 6.57. The average molecular weight is 478 g/mol. The summed E-state index contributed by atoms with van der Waals surface area (Å²) in [6.07, 6.45) is 2.72. The van der Waals surface area contributed by atoms with Gasteiger partial charge in [0.25, 0.3) is 5.91 Å². The van der Waals surface area contributed by atoms with Crippen molar-refractivity contribution in [2.45, 2.75) is 84.2 Å². The molecule has 0 spiro atoms. The van der Waals surface area contributed by atoms with Crippen LogP contribution >= 0.6 is 0 Å². The zero-order valence-corrected chi connectivity index (χ0v) is 21.9. The van der Waals surface area contributed by atoms with Gasteiger partial charge in [0, 0.05) is 30.2 Å². The first kappa shape index (κ1) is 25.7. The van der Waals surface area contributed by atoms with E-state index in [1.54, 1.807) is 29.4 Å². The van der Waals surface area contributed by atoms with E-state index in [0.717, 1.165) is 19.3 Å². The first-order valence-corrected chi connectivity index (χ1v) is 13.2. The summed E-state index contributed by atoms with van der Waals surface area (Å²) >= 11 is 0. The van der Waals surface area contributed by atoms with Crippen LogP contribution < -0.4 is 5.32 Å². The number of rotatable bonds is 6. The summed E-state index contributed by atoms with van der Waals surface area (Å²) in [6, 6.07) is 6.22. The summed E-state index contributed by atoms with van der Waals surface area (Å²) in [4.78, 5) is 27.0. The molecule has 2 atom stereocenters. The van der Waals surface area contributed by atoms with Gasteiger partial charge in [0.1, 0.15) is 0 Å². The van der Waals surface area contributed by atoms with Crippen molar-refractivity contribution in [1.29, 1.82) is 0 Å². The highest BCUT2D eigenvalue weighted by molar-refractivity contribution is 7.89. The van der Waals surface area contributed by atoms with Crippen LogP contribution in [0.5, 0.6) is 0 Å². The number of nitrogens with one attached hydrogen (secondary N) is 1. The predicted octanol–water partition coefficient (Wildman–Crippen LogP) is 3.65. The summed E-state index contributed by atoms with van der Waals surface area (Å²) in [6.45, 7) is 14.8. The van der Waals surface area contributed by atoms with E-state index in [-0.39, 0.29) is 45.7 Å². The van der Waals surface area contributed by atoms with Gasteiger partial charge in [-0.05, 0) is 76.0 Å². The van der Waals surface area contributed by atoms with Crippen molar-refractivity contribution < 1.29 is 18.0 Å². The molecule has 1 saturated heterocycles. The van der Waals surface area contributed by atoms with Crippen molar-refractivity contribution in [3.05, 3.63) is 29.8 Å². The molecule has 1 aliphatic carbocycles. The highest BCUT2D eigenvalue weighted by atomic mass is 32.2. The van der Waals surface area contributed by atoms with Crippen LogP contribution in [0.25, 0.3) is 0 Å². The molecular formula is C25H39N3O4S.